The van der Waals surface area contributed by atoms with Crippen molar-refractivity contribution in [2.75, 3.05) is 18.8 Å². The Morgan fingerprint density at radius 3 is 2.60 bits per heavy atom. The fourth-order valence-electron chi connectivity index (χ4n) is 1.26. The summed E-state index contributed by atoms with van der Waals surface area (Å²) < 4.78 is 0. The van der Waals surface area contributed by atoms with Gasteiger partial charge in [-0.05, 0) is 49.4 Å². The molecule has 0 amide bonds. The molecular formula is C11H15Cl2NS. The minimum atomic E-state index is 0.614. The summed E-state index contributed by atoms with van der Waals surface area (Å²) in [6.45, 7) is 1.98. The van der Waals surface area contributed by atoms with Gasteiger partial charge in [0.05, 0.1) is 10.0 Å². The SMILES string of the molecule is SCCCNCCc1ccc(Cl)c(Cl)c1. The van der Waals surface area contributed by atoms with E-state index < -0.39 is 0 Å². The van der Waals surface area contributed by atoms with Crippen molar-refractivity contribution in [3.05, 3.63) is 33.8 Å². The molecule has 0 aliphatic rings. The Bertz CT molecular complexity index is 305. The van der Waals surface area contributed by atoms with E-state index in [2.05, 4.69) is 17.9 Å². The zero-order valence-electron chi connectivity index (χ0n) is 8.47. The average Bonchev–Trinajstić information content (AvgIpc) is 2.23. The first-order valence-electron chi connectivity index (χ1n) is 4.99. The zero-order chi connectivity index (χ0) is 11.1. The van der Waals surface area contributed by atoms with Crippen LogP contribution in [0.25, 0.3) is 0 Å². The van der Waals surface area contributed by atoms with Crippen molar-refractivity contribution < 1.29 is 0 Å². The maximum Gasteiger partial charge on any atom is 0.0595 e. The topological polar surface area (TPSA) is 12.0 Å². The van der Waals surface area contributed by atoms with Crippen LogP contribution in [0.4, 0.5) is 0 Å². The fraction of sp³-hybridized carbons (Fsp3) is 0.455. The third-order valence-corrected chi connectivity index (χ3v) is 3.14. The molecule has 1 aromatic carbocycles. The van der Waals surface area contributed by atoms with E-state index >= 15 is 0 Å². The van der Waals surface area contributed by atoms with Gasteiger partial charge < -0.3 is 5.32 Å². The molecule has 0 atom stereocenters. The summed E-state index contributed by atoms with van der Waals surface area (Å²) in [5.41, 5.74) is 1.21. The van der Waals surface area contributed by atoms with E-state index in [4.69, 9.17) is 23.2 Å². The van der Waals surface area contributed by atoms with Gasteiger partial charge in [0, 0.05) is 0 Å². The normalized spacial score (nSPS) is 10.6. The van der Waals surface area contributed by atoms with Crippen molar-refractivity contribution in [3.8, 4) is 0 Å². The van der Waals surface area contributed by atoms with Crippen LogP contribution in [0.2, 0.25) is 10.0 Å². The van der Waals surface area contributed by atoms with Gasteiger partial charge >= 0.3 is 0 Å². The minimum absolute atomic E-state index is 0.614. The highest BCUT2D eigenvalue weighted by Crippen LogP contribution is 2.22. The molecular weight excluding hydrogens is 249 g/mol. The third kappa shape index (κ3) is 5.12. The second kappa shape index (κ2) is 7.39. The molecule has 0 aliphatic heterocycles. The van der Waals surface area contributed by atoms with E-state index in [0.717, 1.165) is 31.7 Å². The van der Waals surface area contributed by atoms with Crippen LogP contribution in [-0.2, 0) is 6.42 Å². The van der Waals surface area contributed by atoms with Gasteiger partial charge in [-0.2, -0.15) is 12.6 Å². The number of benzene rings is 1. The van der Waals surface area contributed by atoms with Gasteiger partial charge in [-0.15, -0.1) is 0 Å². The highest BCUT2D eigenvalue weighted by Gasteiger charge is 1.98. The Morgan fingerprint density at radius 1 is 1.13 bits per heavy atom. The van der Waals surface area contributed by atoms with Crippen LogP contribution < -0.4 is 5.32 Å². The Hall–Kier alpha value is 0.110. The number of hydrogen-bond donors (Lipinski definition) is 2. The molecule has 0 fully saturated rings. The summed E-state index contributed by atoms with van der Waals surface area (Å²) in [5, 5.41) is 4.59. The molecule has 0 heterocycles. The van der Waals surface area contributed by atoms with Crippen molar-refractivity contribution in [2.24, 2.45) is 0 Å². The second-order valence-electron chi connectivity index (χ2n) is 3.33. The van der Waals surface area contributed by atoms with Crippen molar-refractivity contribution in [2.45, 2.75) is 12.8 Å². The number of halogens is 2. The fourth-order valence-corrected chi connectivity index (χ4v) is 1.74. The lowest BCUT2D eigenvalue weighted by Gasteiger charge is -2.05. The van der Waals surface area contributed by atoms with E-state index in [1.807, 2.05) is 18.2 Å². The van der Waals surface area contributed by atoms with Crippen molar-refractivity contribution in [1.29, 1.82) is 0 Å². The van der Waals surface area contributed by atoms with Gasteiger partial charge in [0.25, 0.3) is 0 Å². The first-order valence-corrected chi connectivity index (χ1v) is 6.38. The van der Waals surface area contributed by atoms with Crippen LogP contribution in [0.1, 0.15) is 12.0 Å². The number of thiol groups is 1. The lowest BCUT2D eigenvalue weighted by atomic mass is 10.1. The molecule has 4 heteroatoms. The average molecular weight is 264 g/mol. The molecule has 1 rings (SSSR count). The zero-order valence-corrected chi connectivity index (χ0v) is 10.9. The molecule has 84 valence electrons. The van der Waals surface area contributed by atoms with Gasteiger partial charge in [0.2, 0.25) is 0 Å². The summed E-state index contributed by atoms with van der Waals surface area (Å²) >= 11 is 15.9. The molecule has 0 spiro atoms. The summed E-state index contributed by atoms with van der Waals surface area (Å²) in [5.74, 6) is 0.930. The number of rotatable bonds is 6. The summed E-state index contributed by atoms with van der Waals surface area (Å²) in [6.07, 6.45) is 2.08. The summed E-state index contributed by atoms with van der Waals surface area (Å²) in [4.78, 5) is 0. The lowest BCUT2D eigenvalue weighted by Crippen LogP contribution is -2.18. The van der Waals surface area contributed by atoms with Gasteiger partial charge in [0.1, 0.15) is 0 Å². The smallest absolute Gasteiger partial charge is 0.0595 e. The number of nitrogens with one attached hydrogen (secondary N) is 1. The minimum Gasteiger partial charge on any atom is -0.316 e. The quantitative estimate of drug-likeness (QED) is 0.592. The largest absolute Gasteiger partial charge is 0.316 e. The molecule has 0 unspecified atom stereocenters. The maximum absolute atomic E-state index is 5.91. The predicted molar refractivity (Wildman–Crippen MR) is 71.5 cm³/mol. The van der Waals surface area contributed by atoms with Crippen LogP contribution in [0.5, 0.6) is 0 Å². The van der Waals surface area contributed by atoms with E-state index in [1.165, 1.54) is 5.56 Å². The van der Waals surface area contributed by atoms with E-state index in [-0.39, 0.29) is 0 Å². The van der Waals surface area contributed by atoms with E-state index in [1.54, 1.807) is 0 Å². The van der Waals surface area contributed by atoms with Crippen molar-refractivity contribution in [3.63, 3.8) is 0 Å². The molecule has 0 bridgehead atoms. The predicted octanol–water partition coefficient (Wildman–Crippen LogP) is 3.45. The Morgan fingerprint density at radius 2 is 1.93 bits per heavy atom. The lowest BCUT2D eigenvalue weighted by molar-refractivity contribution is 0.675. The molecule has 0 saturated carbocycles. The molecule has 0 radical (unpaired) electrons. The third-order valence-electron chi connectivity index (χ3n) is 2.09. The van der Waals surface area contributed by atoms with Crippen LogP contribution in [0.15, 0.2) is 18.2 Å². The van der Waals surface area contributed by atoms with Crippen LogP contribution in [-0.4, -0.2) is 18.8 Å². The first kappa shape index (κ1) is 13.2. The van der Waals surface area contributed by atoms with Gasteiger partial charge in [-0.3, -0.25) is 0 Å². The Balaban J connectivity index is 2.28. The molecule has 0 aliphatic carbocycles. The van der Waals surface area contributed by atoms with Gasteiger partial charge in [0.15, 0.2) is 0 Å². The van der Waals surface area contributed by atoms with Crippen molar-refractivity contribution >= 4 is 35.8 Å². The summed E-state index contributed by atoms with van der Waals surface area (Å²) in [6, 6.07) is 5.77. The van der Waals surface area contributed by atoms with Crippen LogP contribution in [0.3, 0.4) is 0 Å². The molecule has 15 heavy (non-hydrogen) atoms. The van der Waals surface area contributed by atoms with Crippen LogP contribution >= 0.6 is 35.8 Å². The Kier molecular flexibility index (Phi) is 6.50. The second-order valence-corrected chi connectivity index (χ2v) is 4.59. The van der Waals surface area contributed by atoms with Gasteiger partial charge in [-0.1, -0.05) is 29.3 Å². The highest BCUT2D eigenvalue weighted by molar-refractivity contribution is 7.80. The molecule has 0 aromatic heterocycles. The van der Waals surface area contributed by atoms with Gasteiger partial charge in [-0.25, -0.2) is 0 Å². The summed E-state index contributed by atoms with van der Waals surface area (Å²) in [7, 11) is 0. The highest BCUT2D eigenvalue weighted by atomic mass is 35.5. The molecule has 1 N–H and O–H groups in total. The van der Waals surface area contributed by atoms with Crippen LogP contribution in [0, 0.1) is 0 Å². The molecule has 0 saturated heterocycles. The van der Waals surface area contributed by atoms with E-state index in [9.17, 15) is 0 Å². The maximum atomic E-state index is 5.91. The van der Waals surface area contributed by atoms with E-state index in [0.29, 0.717) is 10.0 Å². The number of hydrogen-bond acceptors (Lipinski definition) is 2. The standard InChI is InChI=1S/C11H15Cl2NS/c12-10-3-2-9(8-11(10)13)4-6-14-5-1-7-15/h2-3,8,14-15H,1,4-7H2. The molecule has 1 nitrogen and oxygen atoms in total. The first-order chi connectivity index (χ1) is 7.24. The molecule has 1 aromatic rings. The van der Waals surface area contributed by atoms with Crippen molar-refractivity contribution in [1.82, 2.24) is 5.32 Å². The Labute approximate surface area is 107 Å². The monoisotopic (exact) mass is 263 g/mol.